The zero-order valence-corrected chi connectivity index (χ0v) is 46.6. The van der Waals surface area contributed by atoms with Crippen LogP contribution in [0.25, 0.3) is 142 Å². The Morgan fingerprint density at radius 1 is 0.272 bits per heavy atom. The van der Waals surface area contributed by atoms with E-state index in [0.29, 0.717) is 13.4 Å². The van der Waals surface area contributed by atoms with Crippen LogP contribution < -0.4 is 4.65 Å². The number of fused-ring (bicyclic) bond motifs is 4. The number of nitrogens with zero attached hydrogens (tertiary/aromatic N) is 3. The van der Waals surface area contributed by atoms with Crippen LogP contribution in [0.2, 0.25) is 0 Å². The van der Waals surface area contributed by atoms with Crippen LogP contribution >= 0.6 is 31.9 Å². The molecule has 0 fully saturated rings. The fraction of sp³-hybridized carbons (Fsp3) is 0. The highest BCUT2D eigenvalue weighted by atomic mass is 79.9. The number of benzene rings is 13. The Balaban J connectivity index is 0.000000131. The summed E-state index contributed by atoms with van der Waals surface area (Å²) in [6.45, 7) is 0. The monoisotopic (exact) mass is 1160 g/mol. The molecule has 81 heavy (non-hydrogen) atoms. The van der Waals surface area contributed by atoms with E-state index in [-0.39, 0.29) is 0 Å². The van der Waals surface area contributed by atoms with Crippen molar-refractivity contribution in [2.75, 3.05) is 0 Å². The van der Waals surface area contributed by atoms with Crippen molar-refractivity contribution in [3.05, 3.63) is 276 Å². The first kappa shape index (κ1) is 50.0. The lowest BCUT2D eigenvalue weighted by Crippen LogP contribution is -1.99. The maximum atomic E-state index is 8.43. The van der Waals surface area contributed by atoms with Gasteiger partial charge in [0, 0.05) is 49.2 Å². The smallest absolute Gasteiger partial charge is 0.536 e. The van der Waals surface area contributed by atoms with Gasteiger partial charge in [0.05, 0.1) is 23.3 Å². The van der Waals surface area contributed by atoms with Crippen molar-refractivity contribution in [2.45, 2.75) is 0 Å². The quantitative estimate of drug-likeness (QED) is 0.0978. The first-order valence-electron chi connectivity index (χ1n) is 26.7. The molecule has 16 aromatic rings. The van der Waals surface area contributed by atoms with E-state index in [2.05, 4.69) is 231 Å². The lowest BCUT2D eigenvalue weighted by molar-refractivity contribution is 0.452. The number of aromatic nitrogens is 3. The largest absolute Gasteiger partial charge is 0.569 e. The molecule has 13 aromatic carbocycles. The Kier molecular flexibility index (Phi) is 13.2. The fourth-order valence-corrected chi connectivity index (χ4v) is 12.7. The molecule has 3 aromatic heterocycles. The molecule has 0 saturated heterocycles. The summed E-state index contributed by atoms with van der Waals surface area (Å²) in [5.74, 6) is 0.511. The molecule has 0 saturated carbocycles. The number of halogens is 2. The van der Waals surface area contributed by atoms with E-state index in [1.807, 2.05) is 60.9 Å². The van der Waals surface area contributed by atoms with Gasteiger partial charge >= 0.3 is 7.69 Å². The highest BCUT2D eigenvalue weighted by Gasteiger charge is 2.19. The third-order valence-electron chi connectivity index (χ3n) is 15.5. The van der Waals surface area contributed by atoms with Gasteiger partial charge in [-0.25, -0.2) is 0 Å². The lowest BCUT2D eigenvalue weighted by atomic mass is 9.85. The molecule has 16 rings (SSSR count). The van der Waals surface area contributed by atoms with Gasteiger partial charge in [0.2, 0.25) is 0 Å². The number of hydrogen-bond donors (Lipinski definition) is 1. The van der Waals surface area contributed by atoms with Crippen molar-refractivity contribution in [1.82, 2.24) is 15.0 Å². The SMILES string of the molecule is Brc1ccc2c3cccc4c(Br)ccc(c5cccc1c52)c43.O[B]Oc1ccc(-c2ccccc2)nc1.c1ccc(-c2ccc(-c3ccc4c5cccc6c(-c7ccc(-c8ccccc8)nc7)ccc(c7cccc3c74)c65)cn2)cc1. The predicted octanol–water partition coefficient (Wildman–Crippen LogP) is 20.1. The van der Waals surface area contributed by atoms with Crippen LogP contribution in [-0.2, 0) is 0 Å². The van der Waals surface area contributed by atoms with Crippen molar-refractivity contribution in [2.24, 2.45) is 0 Å². The van der Waals surface area contributed by atoms with E-state index >= 15 is 0 Å². The summed E-state index contributed by atoms with van der Waals surface area (Å²) in [4.78, 5) is 13.9. The van der Waals surface area contributed by atoms with Gasteiger partial charge in [0.1, 0.15) is 5.75 Å². The zero-order valence-electron chi connectivity index (χ0n) is 43.4. The van der Waals surface area contributed by atoms with Crippen LogP contribution in [0.5, 0.6) is 5.75 Å². The molecule has 0 aliphatic carbocycles. The fourth-order valence-electron chi connectivity index (χ4n) is 11.8. The highest BCUT2D eigenvalue weighted by Crippen LogP contribution is 2.46. The van der Waals surface area contributed by atoms with E-state index in [4.69, 9.17) is 19.6 Å². The Labute approximate surface area is 485 Å². The molecule has 1 radical (unpaired) electrons. The third-order valence-corrected chi connectivity index (χ3v) is 16.9. The van der Waals surface area contributed by atoms with Crippen molar-refractivity contribution in [3.8, 4) is 61.8 Å². The molecule has 0 amide bonds. The molecule has 0 aliphatic rings. The van der Waals surface area contributed by atoms with Crippen LogP contribution in [0.4, 0.5) is 0 Å². The van der Waals surface area contributed by atoms with Crippen molar-refractivity contribution >= 4 is 126 Å². The first-order chi connectivity index (χ1) is 40.0. The van der Waals surface area contributed by atoms with Crippen LogP contribution in [-0.4, -0.2) is 27.7 Å². The van der Waals surface area contributed by atoms with E-state index in [1.54, 1.807) is 12.3 Å². The van der Waals surface area contributed by atoms with Gasteiger partial charge in [-0.3, -0.25) is 15.0 Å². The standard InChI is InChI=1S/C42H26N2.C20H10Br2.C11H9BNO2/c1-3-9-27(10-4-1)39-23-17-29(25-43-39)31-19-21-37-36-16-8-14-34-32(30-18-24-40(44-26-30)28-11-5-2-6-12-28)20-22-38(42(34)36)35-15-7-13-33(31)41(35)37;21-17-9-8-14-12-4-2-6-16-18(22)10-7-13(20(12)16)11-3-1-5-15(17)19(11)14;14-12-15-10-6-7-11(13-8-10)9-4-2-1-3-5-9/h1-26H;1-10H;1-8,14H. The summed E-state index contributed by atoms with van der Waals surface area (Å²) >= 11 is 7.40. The second-order valence-corrected chi connectivity index (χ2v) is 21.7. The number of hydrogen-bond acceptors (Lipinski definition) is 5. The minimum atomic E-state index is 0.511. The van der Waals surface area contributed by atoms with Gasteiger partial charge in [-0.15, -0.1) is 0 Å². The molecular formula is C73H45BBr2N3O2. The molecular weight excluding hydrogens is 1120 g/mol. The third kappa shape index (κ3) is 9.08. The van der Waals surface area contributed by atoms with Crippen LogP contribution in [0.15, 0.2) is 276 Å². The first-order valence-corrected chi connectivity index (χ1v) is 28.3. The minimum absolute atomic E-state index is 0.511. The van der Waals surface area contributed by atoms with Crippen molar-refractivity contribution in [1.29, 1.82) is 0 Å². The van der Waals surface area contributed by atoms with Gasteiger partial charge in [-0.2, -0.15) is 0 Å². The van der Waals surface area contributed by atoms with Crippen LogP contribution in [0, 0.1) is 0 Å². The Bertz CT molecular complexity index is 4620. The van der Waals surface area contributed by atoms with Gasteiger partial charge in [0.25, 0.3) is 0 Å². The number of pyridine rings is 3. The van der Waals surface area contributed by atoms with E-state index in [9.17, 15) is 0 Å². The molecule has 3 heterocycles. The molecule has 381 valence electrons. The predicted molar refractivity (Wildman–Crippen MR) is 346 cm³/mol. The summed E-state index contributed by atoms with van der Waals surface area (Å²) in [6, 6.07) is 87.2. The molecule has 0 unspecified atom stereocenters. The van der Waals surface area contributed by atoms with Gasteiger partial charge in [-0.05, 0) is 134 Å². The van der Waals surface area contributed by atoms with E-state index in [1.165, 1.54) is 97.3 Å². The Morgan fingerprint density at radius 2 is 0.593 bits per heavy atom. The Hall–Kier alpha value is -9.31. The van der Waals surface area contributed by atoms with Crippen molar-refractivity contribution < 1.29 is 9.68 Å². The number of rotatable bonds is 7. The maximum absolute atomic E-state index is 8.43. The average Bonchev–Trinajstić information content (AvgIpc) is 3.66. The molecule has 0 aliphatic heterocycles. The van der Waals surface area contributed by atoms with E-state index in [0.717, 1.165) is 53.8 Å². The molecule has 5 nitrogen and oxygen atoms in total. The van der Waals surface area contributed by atoms with Gasteiger partial charge in [0.15, 0.2) is 0 Å². The van der Waals surface area contributed by atoms with E-state index < -0.39 is 0 Å². The molecule has 1 N–H and O–H groups in total. The summed E-state index contributed by atoms with van der Waals surface area (Å²) < 4.78 is 7.07. The molecule has 0 atom stereocenters. The highest BCUT2D eigenvalue weighted by molar-refractivity contribution is 9.11. The van der Waals surface area contributed by atoms with Crippen LogP contribution in [0.1, 0.15) is 0 Å². The summed E-state index contributed by atoms with van der Waals surface area (Å²) in [6.07, 6.45) is 5.58. The summed E-state index contributed by atoms with van der Waals surface area (Å²) in [5.41, 5.74) is 10.8. The lowest BCUT2D eigenvalue weighted by Gasteiger charge is -2.18. The average molecular weight is 1170 g/mol. The van der Waals surface area contributed by atoms with Crippen LogP contribution in [0.3, 0.4) is 0 Å². The van der Waals surface area contributed by atoms with Crippen molar-refractivity contribution in [3.63, 3.8) is 0 Å². The topological polar surface area (TPSA) is 68.1 Å². The molecule has 0 bridgehead atoms. The normalized spacial score (nSPS) is 11.4. The summed E-state index contributed by atoms with van der Waals surface area (Å²) in [5, 5.41) is 29.2. The second kappa shape index (κ2) is 21.4. The molecule has 0 spiro atoms. The second-order valence-electron chi connectivity index (χ2n) is 20.0. The maximum Gasteiger partial charge on any atom is 0.569 e. The van der Waals surface area contributed by atoms with Gasteiger partial charge < -0.3 is 9.68 Å². The molecule has 8 heteroatoms. The Morgan fingerprint density at radius 3 is 0.938 bits per heavy atom. The zero-order chi connectivity index (χ0) is 54.4. The summed E-state index contributed by atoms with van der Waals surface area (Å²) in [7, 11) is 0.638. The minimum Gasteiger partial charge on any atom is -0.536 e. The van der Waals surface area contributed by atoms with Gasteiger partial charge in [-0.1, -0.05) is 244 Å².